The zero-order chi connectivity index (χ0) is 15.1. The van der Waals surface area contributed by atoms with Gasteiger partial charge in [-0.05, 0) is 44.0 Å². The minimum Gasteiger partial charge on any atom is -0.497 e. The first-order chi connectivity index (χ1) is 10.2. The van der Waals surface area contributed by atoms with E-state index in [0.717, 1.165) is 31.1 Å². The van der Waals surface area contributed by atoms with Gasteiger partial charge in [0.1, 0.15) is 5.75 Å². The standard InChI is InChI=1S/C16H26N4O/c1-3-20-9-5-6-13(12-20)11-18-16(17)19-14-7-4-8-15(10-14)21-2/h4,7-8,10,13H,3,5-6,9,11-12H2,1-2H3,(H3,17,18,19). The molecule has 1 aliphatic rings. The van der Waals surface area contributed by atoms with Crippen molar-refractivity contribution in [1.29, 1.82) is 0 Å². The van der Waals surface area contributed by atoms with E-state index >= 15 is 0 Å². The van der Waals surface area contributed by atoms with Crippen LogP contribution in [0.2, 0.25) is 0 Å². The summed E-state index contributed by atoms with van der Waals surface area (Å²) in [5, 5.41) is 3.12. The maximum absolute atomic E-state index is 5.97. The number of nitrogens with two attached hydrogens (primary N) is 1. The Morgan fingerprint density at radius 3 is 3.14 bits per heavy atom. The number of hydrogen-bond donors (Lipinski definition) is 2. The van der Waals surface area contributed by atoms with Crippen LogP contribution in [0.1, 0.15) is 19.8 Å². The number of likely N-dealkylation sites (tertiary alicyclic amines) is 1. The zero-order valence-corrected chi connectivity index (χ0v) is 13.0. The average molecular weight is 290 g/mol. The lowest BCUT2D eigenvalue weighted by molar-refractivity contribution is 0.187. The quantitative estimate of drug-likeness (QED) is 0.644. The molecule has 2 rings (SSSR count). The lowest BCUT2D eigenvalue weighted by Crippen LogP contribution is -2.36. The summed E-state index contributed by atoms with van der Waals surface area (Å²) in [7, 11) is 1.65. The predicted octanol–water partition coefficient (Wildman–Crippen LogP) is 2.15. The SMILES string of the molecule is CCN1CCCC(CN=C(N)Nc2cccc(OC)c2)C1. The van der Waals surface area contributed by atoms with Crippen LogP contribution in [-0.4, -0.2) is 44.1 Å². The van der Waals surface area contributed by atoms with Crippen molar-refractivity contribution in [3.63, 3.8) is 0 Å². The number of hydrogen-bond acceptors (Lipinski definition) is 3. The molecule has 1 aromatic rings. The molecule has 0 radical (unpaired) electrons. The van der Waals surface area contributed by atoms with Crippen LogP contribution in [0, 0.1) is 5.92 Å². The van der Waals surface area contributed by atoms with Crippen molar-refractivity contribution in [2.75, 3.05) is 38.6 Å². The van der Waals surface area contributed by atoms with Crippen LogP contribution in [0.25, 0.3) is 0 Å². The fraction of sp³-hybridized carbons (Fsp3) is 0.562. The van der Waals surface area contributed by atoms with Gasteiger partial charge in [-0.15, -0.1) is 0 Å². The van der Waals surface area contributed by atoms with Gasteiger partial charge in [0.05, 0.1) is 7.11 Å². The highest BCUT2D eigenvalue weighted by atomic mass is 16.5. The molecule has 1 aliphatic heterocycles. The monoisotopic (exact) mass is 290 g/mol. The number of aliphatic imine (C=N–C) groups is 1. The van der Waals surface area contributed by atoms with Crippen molar-refractivity contribution < 1.29 is 4.74 Å². The van der Waals surface area contributed by atoms with Gasteiger partial charge in [-0.1, -0.05) is 13.0 Å². The van der Waals surface area contributed by atoms with E-state index < -0.39 is 0 Å². The van der Waals surface area contributed by atoms with E-state index in [-0.39, 0.29) is 0 Å². The van der Waals surface area contributed by atoms with E-state index in [2.05, 4.69) is 22.1 Å². The molecule has 3 N–H and O–H groups in total. The molecule has 0 aliphatic carbocycles. The van der Waals surface area contributed by atoms with E-state index in [1.807, 2.05) is 24.3 Å². The van der Waals surface area contributed by atoms with Crippen molar-refractivity contribution in [3.05, 3.63) is 24.3 Å². The normalized spacial score (nSPS) is 20.3. The molecular formula is C16H26N4O. The van der Waals surface area contributed by atoms with Gasteiger partial charge < -0.3 is 20.7 Å². The number of guanidine groups is 1. The first kappa shape index (κ1) is 15.6. The summed E-state index contributed by atoms with van der Waals surface area (Å²) in [6.45, 7) is 6.47. The van der Waals surface area contributed by atoms with E-state index in [1.165, 1.54) is 19.4 Å². The fourth-order valence-electron chi connectivity index (χ4n) is 2.70. The first-order valence-electron chi connectivity index (χ1n) is 7.64. The molecule has 0 amide bonds. The Labute approximate surface area is 127 Å². The van der Waals surface area contributed by atoms with Crippen LogP contribution in [-0.2, 0) is 0 Å². The molecule has 1 aromatic carbocycles. The van der Waals surface area contributed by atoms with Crippen molar-refractivity contribution in [3.8, 4) is 5.75 Å². The van der Waals surface area contributed by atoms with Crippen molar-refractivity contribution in [2.45, 2.75) is 19.8 Å². The van der Waals surface area contributed by atoms with E-state index in [1.54, 1.807) is 7.11 Å². The molecule has 1 atom stereocenters. The van der Waals surface area contributed by atoms with Crippen molar-refractivity contribution in [1.82, 2.24) is 4.90 Å². The maximum atomic E-state index is 5.97. The van der Waals surface area contributed by atoms with Crippen molar-refractivity contribution in [2.24, 2.45) is 16.6 Å². The Hall–Kier alpha value is -1.75. The summed E-state index contributed by atoms with van der Waals surface area (Å²) in [6, 6.07) is 7.68. The number of nitrogens with one attached hydrogen (secondary N) is 1. The van der Waals surface area contributed by atoms with Gasteiger partial charge in [0.15, 0.2) is 5.96 Å². The molecule has 1 heterocycles. The Bertz CT molecular complexity index is 475. The minimum atomic E-state index is 0.469. The summed E-state index contributed by atoms with van der Waals surface area (Å²) in [5.74, 6) is 1.89. The van der Waals surface area contributed by atoms with Gasteiger partial charge >= 0.3 is 0 Å². The van der Waals surface area contributed by atoms with Crippen LogP contribution in [0.5, 0.6) is 5.75 Å². The van der Waals surface area contributed by atoms with E-state index in [9.17, 15) is 0 Å². The smallest absolute Gasteiger partial charge is 0.193 e. The Kier molecular flexibility index (Phi) is 5.87. The van der Waals surface area contributed by atoms with Gasteiger partial charge in [-0.25, -0.2) is 0 Å². The molecule has 1 saturated heterocycles. The number of benzene rings is 1. The van der Waals surface area contributed by atoms with Crippen LogP contribution in [0.4, 0.5) is 5.69 Å². The molecule has 0 spiro atoms. The third-order valence-corrected chi connectivity index (χ3v) is 3.91. The summed E-state index contributed by atoms with van der Waals surface area (Å²) < 4.78 is 5.19. The first-order valence-corrected chi connectivity index (χ1v) is 7.64. The Morgan fingerprint density at radius 1 is 1.52 bits per heavy atom. The second kappa shape index (κ2) is 7.88. The van der Waals surface area contributed by atoms with Crippen LogP contribution < -0.4 is 15.8 Å². The highest BCUT2D eigenvalue weighted by molar-refractivity contribution is 5.92. The molecule has 116 valence electrons. The number of ether oxygens (including phenoxy) is 1. The molecule has 0 saturated carbocycles. The summed E-state index contributed by atoms with van der Waals surface area (Å²) >= 11 is 0. The third kappa shape index (κ3) is 4.93. The highest BCUT2D eigenvalue weighted by Gasteiger charge is 2.18. The molecule has 5 nitrogen and oxygen atoms in total. The summed E-state index contributed by atoms with van der Waals surface area (Å²) in [4.78, 5) is 6.96. The van der Waals surface area contributed by atoms with Crippen LogP contribution in [0.15, 0.2) is 29.3 Å². The van der Waals surface area contributed by atoms with E-state index in [0.29, 0.717) is 11.9 Å². The molecule has 5 heteroatoms. The third-order valence-electron chi connectivity index (χ3n) is 3.91. The second-order valence-electron chi connectivity index (χ2n) is 5.48. The topological polar surface area (TPSA) is 62.9 Å². The number of piperidine rings is 1. The Morgan fingerprint density at radius 2 is 2.38 bits per heavy atom. The van der Waals surface area contributed by atoms with Gasteiger partial charge in [0.25, 0.3) is 0 Å². The fourth-order valence-corrected chi connectivity index (χ4v) is 2.70. The maximum Gasteiger partial charge on any atom is 0.193 e. The van der Waals surface area contributed by atoms with Gasteiger partial charge in [0, 0.05) is 24.8 Å². The van der Waals surface area contributed by atoms with Gasteiger partial charge in [0.2, 0.25) is 0 Å². The number of rotatable bonds is 5. The molecule has 21 heavy (non-hydrogen) atoms. The van der Waals surface area contributed by atoms with Crippen LogP contribution >= 0.6 is 0 Å². The molecule has 1 unspecified atom stereocenters. The summed E-state index contributed by atoms with van der Waals surface area (Å²) in [5.41, 5.74) is 6.86. The molecule has 0 bridgehead atoms. The predicted molar refractivity (Wildman–Crippen MR) is 87.9 cm³/mol. The summed E-state index contributed by atoms with van der Waals surface area (Å²) in [6.07, 6.45) is 2.50. The highest BCUT2D eigenvalue weighted by Crippen LogP contribution is 2.17. The molecular weight excluding hydrogens is 264 g/mol. The lowest BCUT2D eigenvalue weighted by Gasteiger charge is -2.30. The molecule has 0 aromatic heterocycles. The van der Waals surface area contributed by atoms with E-state index in [4.69, 9.17) is 10.5 Å². The largest absolute Gasteiger partial charge is 0.497 e. The average Bonchev–Trinajstić information content (AvgIpc) is 2.53. The van der Waals surface area contributed by atoms with Crippen molar-refractivity contribution >= 4 is 11.6 Å². The minimum absolute atomic E-state index is 0.469. The number of nitrogens with zero attached hydrogens (tertiary/aromatic N) is 2. The molecule has 1 fully saturated rings. The number of anilines is 1. The second-order valence-corrected chi connectivity index (χ2v) is 5.48. The lowest BCUT2D eigenvalue weighted by atomic mass is 9.98. The zero-order valence-electron chi connectivity index (χ0n) is 13.0. The number of methoxy groups -OCH3 is 1. The van der Waals surface area contributed by atoms with Crippen LogP contribution in [0.3, 0.4) is 0 Å². The Balaban J connectivity index is 1.85. The van der Waals surface area contributed by atoms with Gasteiger partial charge in [-0.3, -0.25) is 4.99 Å². The van der Waals surface area contributed by atoms with Gasteiger partial charge in [-0.2, -0.15) is 0 Å².